The third-order valence-electron chi connectivity index (χ3n) is 3.86. The molecule has 20 heavy (non-hydrogen) atoms. The molecule has 0 aliphatic heterocycles. The molecule has 1 fully saturated rings. The van der Waals surface area contributed by atoms with Crippen molar-refractivity contribution in [2.24, 2.45) is 5.92 Å². The number of aryl methyl sites for hydroxylation is 1. The molecule has 0 atom stereocenters. The first kappa shape index (κ1) is 14.5. The first-order valence-corrected chi connectivity index (χ1v) is 7.07. The normalized spacial score (nSPS) is 15.2. The van der Waals surface area contributed by atoms with E-state index in [1.165, 1.54) is 37.8 Å². The van der Waals surface area contributed by atoms with Gasteiger partial charge in [0.1, 0.15) is 5.69 Å². The topological polar surface area (TPSA) is 79.3 Å². The van der Waals surface area contributed by atoms with Crippen LogP contribution in [0.25, 0.3) is 0 Å². The molecule has 108 valence electrons. The largest absolute Gasteiger partial charge is 0.478 e. The zero-order chi connectivity index (χ0) is 14.5. The maximum Gasteiger partial charge on any atom is 0.337 e. The van der Waals surface area contributed by atoms with Crippen LogP contribution in [-0.4, -0.2) is 28.5 Å². The van der Waals surface area contributed by atoms with Crippen molar-refractivity contribution < 1.29 is 14.7 Å². The van der Waals surface area contributed by atoms with E-state index in [4.69, 9.17) is 5.11 Å². The zero-order valence-corrected chi connectivity index (χ0v) is 11.7. The van der Waals surface area contributed by atoms with Crippen molar-refractivity contribution in [3.63, 3.8) is 0 Å². The van der Waals surface area contributed by atoms with Crippen molar-refractivity contribution in [3.05, 3.63) is 29.1 Å². The number of amides is 1. The molecule has 2 N–H and O–H groups in total. The molecule has 0 bridgehead atoms. The molecule has 5 heteroatoms. The highest BCUT2D eigenvalue weighted by Crippen LogP contribution is 2.26. The Bertz CT molecular complexity index is 508. The monoisotopic (exact) mass is 276 g/mol. The minimum Gasteiger partial charge on any atom is -0.478 e. The molecule has 1 heterocycles. The fourth-order valence-corrected chi connectivity index (χ4v) is 2.69. The summed E-state index contributed by atoms with van der Waals surface area (Å²) in [5.74, 6) is -0.523. The van der Waals surface area contributed by atoms with Crippen molar-refractivity contribution in [1.29, 1.82) is 0 Å². The van der Waals surface area contributed by atoms with E-state index in [-0.39, 0.29) is 17.2 Å². The number of carboxylic acid groups (broad SMARTS) is 1. The minimum absolute atomic E-state index is 0.132. The molecular weight excluding hydrogens is 256 g/mol. The second-order valence-electron chi connectivity index (χ2n) is 5.33. The third-order valence-corrected chi connectivity index (χ3v) is 3.86. The van der Waals surface area contributed by atoms with E-state index in [2.05, 4.69) is 10.3 Å². The van der Waals surface area contributed by atoms with Gasteiger partial charge in [0.15, 0.2) is 0 Å². The lowest BCUT2D eigenvalue weighted by molar-refractivity contribution is 0.0694. The number of aromatic carboxylic acids is 1. The van der Waals surface area contributed by atoms with E-state index in [9.17, 15) is 9.59 Å². The molecule has 5 nitrogen and oxygen atoms in total. The summed E-state index contributed by atoms with van der Waals surface area (Å²) in [7, 11) is 0. The Hall–Kier alpha value is -1.91. The molecule has 0 radical (unpaired) electrons. The van der Waals surface area contributed by atoms with Crippen molar-refractivity contribution in [2.45, 2.75) is 39.0 Å². The molecule has 2 rings (SSSR count). The van der Waals surface area contributed by atoms with Gasteiger partial charge in [0, 0.05) is 6.54 Å². The van der Waals surface area contributed by atoms with Crippen LogP contribution < -0.4 is 5.32 Å². The van der Waals surface area contributed by atoms with E-state index in [0.29, 0.717) is 12.2 Å². The van der Waals surface area contributed by atoms with Gasteiger partial charge in [-0.2, -0.15) is 0 Å². The maximum atomic E-state index is 11.9. The predicted molar refractivity (Wildman–Crippen MR) is 74.8 cm³/mol. The summed E-state index contributed by atoms with van der Waals surface area (Å²) in [6.07, 6.45) is 6.14. The average molecular weight is 276 g/mol. The molecule has 0 aromatic carbocycles. The Morgan fingerprint density at radius 2 is 2.05 bits per heavy atom. The number of carbonyl (C=O) groups excluding carboxylic acids is 1. The maximum absolute atomic E-state index is 11.9. The van der Waals surface area contributed by atoms with Crippen molar-refractivity contribution in [3.8, 4) is 0 Å². The number of nitrogens with one attached hydrogen (secondary N) is 1. The summed E-state index contributed by atoms with van der Waals surface area (Å²) in [5, 5.41) is 11.8. The Morgan fingerprint density at radius 3 is 2.65 bits per heavy atom. The number of hydrogen-bond donors (Lipinski definition) is 2. The molecule has 1 amide bonds. The van der Waals surface area contributed by atoms with Gasteiger partial charge in [-0.3, -0.25) is 4.79 Å². The molecular formula is C15H20N2O3. The van der Waals surface area contributed by atoms with E-state index >= 15 is 0 Å². The van der Waals surface area contributed by atoms with Crippen LogP contribution in [-0.2, 0) is 0 Å². The van der Waals surface area contributed by atoms with E-state index < -0.39 is 5.97 Å². The summed E-state index contributed by atoms with van der Waals surface area (Å²) >= 11 is 0. The predicted octanol–water partition coefficient (Wildman–Crippen LogP) is 2.40. The van der Waals surface area contributed by atoms with Gasteiger partial charge in [-0.05, 0) is 31.4 Å². The highest BCUT2D eigenvalue weighted by atomic mass is 16.4. The number of aromatic nitrogens is 1. The van der Waals surface area contributed by atoms with E-state index in [0.717, 1.165) is 12.3 Å². The Balaban J connectivity index is 1.88. The van der Waals surface area contributed by atoms with E-state index in [1.54, 1.807) is 6.92 Å². The number of pyridine rings is 1. The highest BCUT2D eigenvalue weighted by molar-refractivity contribution is 5.94. The van der Waals surface area contributed by atoms with Crippen LogP contribution in [0.15, 0.2) is 12.1 Å². The zero-order valence-electron chi connectivity index (χ0n) is 11.7. The number of carbonyl (C=O) groups is 2. The number of hydrogen-bond acceptors (Lipinski definition) is 3. The molecule has 0 spiro atoms. The lowest BCUT2D eigenvalue weighted by Gasteiger charge is -2.10. The van der Waals surface area contributed by atoms with Gasteiger partial charge in [0.05, 0.1) is 11.3 Å². The third kappa shape index (κ3) is 3.56. The molecule has 0 saturated heterocycles. The van der Waals surface area contributed by atoms with Gasteiger partial charge < -0.3 is 10.4 Å². The first-order valence-electron chi connectivity index (χ1n) is 7.07. The van der Waals surface area contributed by atoms with Gasteiger partial charge in [-0.15, -0.1) is 0 Å². The smallest absolute Gasteiger partial charge is 0.337 e. The van der Waals surface area contributed by atoms with Gasteiger partial charge in [0.2, 0.25) is 0 Å². The standard InChI is InChI=1S/C15H20N2O3/c1-10-12(15(19)20)6-7-13(17-10)14(18)16-9-8-11-4-2-3-5-11/h6-7,11H,2-5,8-9H2,1H3,(H,16,18)(H,19,20). The molecule has 1 aromatic heterocycles. The first-order chi connectivity index (χ1) is 9.58. The van der Waals surface area contributed by atoms with E-state index in [1.807, 2.05) is 0 Å². The fourth-order valence-electron chi connectivity index (χ4n) is 2.69. The van der Waals surface area contributed by atoms with Gasteiger partial charge in [-0.25, -0.2) is 9.78 Å². The lowest BCUT2D eigenvalue weighted by atomic mass is 10.0. The van der Waals surface area contributed by atoms with Gasteiger partial charge in [-0.1, -0.05) is 25.7 Å². The molecule has 1 saturated carbocycles. The van der Waals surface area contributed by atoms with Crippen LogP contribution in [0.5, 0.6) is 0 Å². The summed E-state index contributed by atoms with van der Waals surface area (Å²) < 4.78 is 0. The fraction of sp³-hybridized carbons (Fsp3) is 0.533. The van der Waals surface area contributed by atoms with Crippen molar-refractivity contribution >= 4 is 11.9 Å². The Labute approximate surface area is 118 Å². The summed E-state index contributed by atoms with van der Waals surface area (Å²) in [5.41, 5.74) is 0.771. The van der Waals surface area contributed by atoms with Gasteiger partial charge >= 0.3 is 5.97 Å². The molecule has 1 aromatic rings. The van der Waals surface area contributed by atoms with Crippen LogP contribution in [0, 0.1) is 12.8 Å². The number of carboxylic acids is 1. The summed E-state index contributed by atoms with van der Waals surface area (Å²) in [4.78, 5) is 26.9. The summed E-state index contributed by atoms with van der Waals surface area (Å²) in [6.45, 7) is 2.25. The van der Waals surface area contributed by atoms with Crippen LogP contribution in [0.3, 0.4) is 0 Å². The van der Waals surface area contributed by atoms with Crippen LogP contribution in [0.2, 0.25) is 0 Å². The minimum atomic E-state index is -1.02. The molecule has 0 unspecified atom stereocenters. The van der Waals surface area contributed by atoms with Crippen molar-refractivity contribution in [2.75, 3.05) is 6.54 Å². The van der Waals surface area contributed by atoms with Crippen LogP contribution in [0.1, 0.15) is 58.6 Å². The second kappa shape index (κ2) is 6.50. The number of nitrogens with zero attached hydrogens (tertiary/aromatic N) is 1. The van der Waals surface area contributed by atoms with Gasteiger partial charge in [0.25, 0.3) is 5.91 Å². The highest BCUT2D eigenvalue weighted by Gasteiger charge is 2.16. The average Bonchev–Trinajstić information content (AvgIpc) is 2.91. The van der Waals surface area contributed by atoms with Crippen molar-refractivity contribution in [1.82, 2.24) is 10.3 Å². The molecule has 1 aliphatic carbocycles. The quantitative estimate of drug-likeness (QED) is 0.865. The number of rotatable bonds is 5. The van der Waals surface area contributed by atoms with Crippen LogP contribution in [0.4, 0.5) is 0 Å². The second-order valence-corrected chi connectivity index (χ2v) is 5.33. The SMILES string of the molecule is Cc1nc(C(=O)NCCC2CCCC2)ccc1C(=O)O. The van der Waals surface area contributed by atoms with Crippen LogP contribution >= 0.6 is 0 Å². The summed E-state index contributed by atoms with van der Waals surface area (Å²) in [6, 6.07) is 2.89. The lowest BCUT2D eigenvalue weighted by Crippen LogP contribution is -2.26. The Morgan fingerprint density at radius 1 is 1.35 bits per heavy atom. The molecule has 1 aliphatic rings. The Kier molecular flexibility index (Phi) is 4.71.